The summed E-state index contributed by atoms with van der Waals surface area (Å²) in [6, 6.07) is 9.90. The van der Waals surface area contributed by atoms with Gasteiger partial charge in [0.05, 0.1) is 11.1 Å². The Balaban J connectivity index is 2.01. The molecule has 1 unspecified atom stereocenters. The molecule has 0 saturated carbocycles. The number of nitrogens with zero attached hydrogens (tertiary/aromatic N) is 3. The van der Waals surface area contributed by atoms with E-state index in [1.165, 1.54) is 6.20 Å². The Kier molecular flexibility index (Phi) is 3.23. The molecule has 1 fully saturated rings. The van der Waals surface area contributed by atoms with E-state index in [-0.39, 0.29) is 16.5 Å². The van der Waals surface area contributed by atoms with Gasteiger partial charge in [-0.1, -0.05) is 30.3 Å². The van der Waals surface area contributed by atoms with Crippen LogP contribution in [0.4, 0.5) is 5.69 Å². The number of hydrogen-bond donors (Lipinski definition) is 1. The van der Waals surface area contributed by atoms with E-state index in [1.54, 1.807) is 0 Å². The van der Waals surface area contributed by atoms with Gasteiger partial charge in [0.2, 0.25) is 0 Å². The second-order valence-electron chi connectivity index (χ2n) is 5.28. The molecule has 1 aliphatic heterocycles. The Morgan fingerprint density at radius 3 is 2.70 bits per heavy atom. The molecular weight excluding hydrogens is 256 g/mol. The molecule has 0 bridgehead atoms. The first-order valence-electron chi connectivity index (χ1n) is 6.58. The lowest BCUT2D eigenvalue weighted by molar-refractivity contribution is -0.385. The first-order chi connectivity index (χ1) is 9.66. The normalized spacial score (nSPS) is 17.6. The van der Waals surface area contributed by atoms with E-state index in [1.807, 2.05) is 30.3 Å². The van der Waals surface area contributed by atoms with Gasteiger partial charge < -0.3 is 4.90 Å². The average molecular weight is 272 g/mol. The fourth-order valence-corrected chi connectivity index (χ4v) is 2.94. The SMILES string of the molecule is CN1CC(C(c2ccccc2)c2n[nH]cc2[N+](=O)[O-])C1. The van der Waals surface area contributed by atoms with Crippen molar-refractivity contribution in [1.82, 2.24) is 15.1 Å². The second-order valence-corrected chi connectivity index (χ2v) is 5.28. The van der Waals surface area contributed by atoms with Crippen molar-refractivity contribution in [3.05, 3.63) is 57.9 Å². The number of H-pyrrole nitrogens is 1. The van der Waals surface area contributed by atoms with Gasteiger partial charge in [-0.2, -0.15) is 5.10 Å². The van der Waals surface area contributed by atoms with Crippen LogP contribution in [0.25, 0.3) is 0 Å². The van der Waals surface area contributed by atoms with Crippen LogP contribution in [0.15, 0.2) is 36.5 Å². The Morgan fingerprint density at radius 1 is 1.40 bits per heavy atom. The zero-order chi connectivity index (χ0) is 14.1. The van der Waals surface area contributed by atoms with Gasteiger partial charge in [0, 0.05) is 19.0 Å². The summed E-state index contributed by atoms with van der Waals surface area (Å²) in [5.74, 6) is 0.337. The van der Waals surface area contributed by atoms with E-state index in [0.29, 0.717) is 11.6 Å². The summed E-state index contributed by atoms with van der Waals surface area (Å²) in [7, 11) is 2.05. The largest absolute Gasteiger partial charge is 0.310 e. The number of nitrogens with one attached hydrogen (secondary N) is 1. The third-order valence-corrected chi connectivity index (χ3v) is 3.86. The standard InChI is InChI=1S/C14H16N4O2/c1-17-8-11(9-17)13(10-5-3-2-4-6-10)14-12(18(19)20)7-15-16-14/h2-7,11,13H,8-9H2,1H3,(H,15,16). The van der Waals surface area contributed by atoms with Crippen LogP contribution in [-0.2, 0) is 0 Å². The highest BCUT2D eigenvalue weighted by Crippen LogP contribution is 2.39. The minimum absolute atomic E-state index is 0.0287. The lowest BCUT2D eigenvalue weighted by Gasteiger charge is -2.40. The highest BCUT2D eigenvalue weighted by atomic mass is 16.6. The van der Waals surface area contributed by atoms with Crippen molar-refractivity contribution in [3.8, 4) is 0 Å². The Hall–Kier alpha value is -2.21. The molecule has 1 aromatic carbocycles. The minimum Gasteiger partial charge on any atom is -0.306 e. The topological polar surface area (TPSA) is 75.1 Å². The number of likely N-dealkylation sites (tertiary alicyclic amines) is 1. The van der Waals surface area contributed by atoms with Gasteiger partial charge in [0.15, 0.2) is 0 Å². The molecular formula is C14H16N4O2. The van der Waals surface area contributed by atoms with Crippen molar-refractivity contribution in [2.45, 2.75) is 5.92 Å². The maximum atomic E-state index is 11.1. The maximum absolute atomic E-state index is 11.1. The van der Waals surface area contributed by atoms with Gasteiger partial charge in [0.1, 0.15) is 5.69 Å². The number of aromatic nitrogens is 2. The van der Waals surface area contributed by atoms with Crippen molar-refractivity contribution in [1.29, 1.82) is 0 Å². The Morgan fingerprint density at radius 2 is 2.10 bits per heavy atom. The third-order valence-electron chi connectivity index (χ3n) is 3.86. The van der Waals surface area contributed by atoms with Gasteiger partial charge >= 0.3 is 5.69 Å². The molecule has 0 radical (unpaired) electrons. The molecule has 0 amide bonds. The molecule has 0 aliphatic carbocycles. The monoisotopic (exact) mass is 272 g/mol. The molecule has 2 heterocycles. The summed E-state index contributed by atoms with van der Waals surface area (Å²) in [5, 5.41) is 17.9. The van der Waals surface area contributed by atoms with E-state index in [2.05, 4.69) is 22.1 Å². The minimum atomic E-state index is -0.364. The molecule has 0 spiro atoms. The zero-order valence-corrected chi connectivity index (χ0v) is 11.2. The molecule has 1 aliphatic rings. The molecule has 2 aromatic rings. The molecule has 6 nitrogen and oxygen atoms in total. The van der Waals surface area contributed by atoms with Crippen molar-refractivity contribution in [2.75, 3.05) is 20.1 Å². The number of benzene rings is 1. The van der Waals surface area contributed by atoms with Gasteiger partial charge in [0.25, 0.3) is 0 Å². The fraction of sp³-hybridized carbons (Fsp3) is 0.357. The van der Waals surface area contributed by atoms with Crippen molar-refractivity contribution < 1.29 is 4.92 Å². The molecule has 1 aromatic heterocycles. The fourth-order valence-electron chi connectivity index (χ4n) is 2.94. The molecule has 104 valence electrons. The van der Waals surface area contributed by atoms with Gasteiger partial charge in [-0.3, -0.25) is 15.2 Å². The number of aromatic amines is 1. The van der Waals surface area contributed by atoms with E-state index in [0.717, 1.165) is 18.7 Å². The lowest BCUT2D eigenvalue weighted by Crippen LogP contribution is -2.47. The van der Waals surface area contributed by atoms with Crippen LogP contribution >= 0.6 is 0 Å². The van der Waals surface area contributed by atoms with E-state index >= 15 is 0 Å². The summed E-state index contributed by atoms with van der Waals surface area (Å²) < 4.78 is 0. The van der Waals surface area contributed by atoms with E-state index in [4.69, 9.17) is 0 Å². The van der Waals surface area contributed by atoms with Crippen molar-refractivity contribution in [2.24, 2.45) is 5.92 Å². The van der Waals surface area contributed by atoms with Gasteiger partial charge in [-0.15, -0.1) is 0 Å². The quantitative estimate of drug-likeness (QED) is 0.682. The van der Waals surface area contributed by atoms with Crippen LogP contribution in [0.2, 0.25) is 0 Å². The van der Waals surface area contributed by atoms with Crippen molar-refractivity contribution in [3.63, 3.8) is 0 Å². The van der Waals surface area contributed by atoms with Crippen LogP contribution in [0.5, 0.6) is 0 Å². The predicted molar refractivity (Wildman–Crippen MR) is 74.5 cm³/mol. The molecule has 1 N–H and O–H groups in total. The summed E-state index contributed by atoms with van der Waals surface area (Å²) >= 11 is 0. The number of rotatable bonds is 4. The Bertz CT molecular complexity index is 605. The molecule has 3 rings (SSSR count). The highest BCUT2D eigenvalue weighted by Gasteiger charge is 2.38. The van der Waals surface area contributed by atoms with Gasteiger partial charge in [-0.25, -0.2) is 0 Å². The summed E-state index contributed by atoms with van der Waals surface area (Å²) in [5.41, 5.74) is 1.70. The van der Waals surface area contributed by atoms with Crippen LogP contribution in [0.1, 0.15) is 17.2 Å². The average Bonchev–Trinajstić information content (AvgIpc) is 2.88. The van der Waals surface area contributed by atoms with Crippen LogP contribution < -0.4 is 0 Å². The predicted octanol–water partition coefficient (Wildman–Crippen LogP) is 2.01. The number of nitro groups is 1. The number of hydrogen-bond acceptors (Lipinski definition) is 4. The third kappa shape index (κ3) is 2.18. The summed E-state index contributed by atoms with van der Waals surface area (Å²) in [6.45, 7) is 1.87. The van der Waals surface area contributed by atoms with E-state index in [9.17, 15) is 10.1 Å². The van der Waals surface area contributed by atoms with Gasteiger partial charge in [-0.05, 0) is 18.5 Å². The maximum Gasteiger partial charge on any atom is 0.310 e. The first-order valence-corrected chi connectivity index (χ1v) is 6.58. The van der Waals surface area contributed by atoms with Crippen LogP contribution in [0.3, 0.4) is 0 Å². The summed E-state index contributed by atoms with van der Waals surface area (Å²) in [4.78, 5) is 13.0. The highest BCUT2D eigenvalue weighted by molar-refractivity contribution is 5.42. The van der Waals surface area contributed by atoms with Crippen LogP contribution in [0, 0.1) is 16.0 Å². The Labute approximate surface area is 116 Å². The summed E-state index contributed by atoms with van der Waals surface area (Å²) in [6.07, 6.45) is 1.37. The smallest absolute Gasteiger partial charge is 0.306 e. The molecule has 1 saturated heterocycles. The lowest BCUT2D eigenvalue weighted by atomic mass is 9.79. The van der Waals surface area contributed by atoms with Crippen molar-refractivity contribution >= 4 is 5.69 Å². The zero-order valence-electron chi connectivity index (χ0n) is 11.2. The molecule has 6 heteroatoms. The second kappa shape index (κ2) is 5.05. The molecule has 20 heavy (non-hydrogen) atoms. The molecule has 1 atom stereocenters. The first kappa shape index (κ1) is 12.8. The van der Waals surface area contributed by atoms with E-state index < -0.39 is 0 Å². The van der Waals surface area contributed by atoms with Crippen LogP contribution in [-0.4, -0.2) is 40.2 Å².